The molecule has 2 heteroatoms. The average molecular weight is 144 g/mol. The minimum atomic E-state index is 0.111. The van der Waals surface area contributed by atoms with Crippen molar-refractivity contribution in [2.45, 2.75) is 39.2 Å². The Kier molecular flexibility index (Phi) is 2.69. The lowest BCUT2D eigenvalue weighted by Crippen LogP contribution is -2.21. The SMILES string of the molecule is CC(C)C1CCCC1OO. The van der Waals surface area contributed by atoms with Crippen molar-refractivity contribution in [3.63, 3.8) is 0 Å². The summed E-state index contributed by atoms with van der Waals surface area (Å²) >= 11 is 0. The van der Waals surface area contributed by atoms with Crippen molar-refractivity contribution in [1.82, 2.24) is 0 Å². The fourth-order valence-corrected chi connectivity index (χ4v) is 1.85. The van der Waals surface area contributed by atoms with Crippen LogP contribution >= 0.6 is 0 Å². The van der Waals surface area contributed by atoms with Crippen LogP contribution in [0.5, 0.6) is 0 Å². The zero-order valence-corrected chi connectivity index (χ0v) is 6.71. The van der Waals surface area contributed by atoms with Crippen LogP contribution in [0.1, 0.15) is 33.1 Å². The molecule has 0 bridgehead atoms. The molecule has 0 aromatic rings. The number of hydrogen-bond acceptors (Lipinski definition) is 2. The van der Waals surface area contributed by atoms with Crippen molar-refractivity contribution < 1.29 is 10.1 Å². The van der Waals surface area contributed by atoms with E-state index in [-0.39, 0.29) is 6.10 Å². The summed E-state index contributed by atoms with van der Waals surface area (Å²) in [5, 5.41) is 8.49. The summed E-state index contributed by atoms with van der Waals surface area (Å²) in [7, 11) is 0. The van der Waals surface area contributed by atoms with Crippen LogP contribution in [0.4, 0.5) is 0 Å². The maximum Gasteiger partial charge on any atom is 0.0957 e. The van der Waals surface area contributed by atoms with E-state index in [0.717, 1.165) is 6.42 Å². The average Bonchev–Trinajstić information content (AvgIpc) is 2.33. The van der Waals surface area contributed by atoms with Crippen LogP contribution in [-0.4, -0.2) is 11.4 Å². The third-order valence-electron chi connectivity index (χ3n) is 2.50. The maximum atomic E-state index is 8.49. The molecule has 1 saturated carbocycles. The number of rotatable bonds is 2. The van der Waals surface area contributed by atoms with Crippen molar-refractivity contribution >= 4 is 0 Å². The summed E-state index contributed by atoms with van der Waals surface area (Å²) in [6.45, 7) is 4.37. The standard InChI is InChI=1S/C8H16O2/c1-6(2)7-4-3-5-8(7)10-9/h6-9H,3-5H2,1-2H3. The van der Waals surface area contributed by atoms with Crippen LogP contribution in [0.2, 0.25) is 0 Å². The smallest absolute Gasteiger partial charge is 0.0957 e. The summed E-state index contributed by atoms with van der Waals surface area (Å²) in [6, 6.07) is 0. The highest BCUT2D eigenvalue weighted by Crippen LogP contribution is 2.32. The van der Waals surface area contributed by atoms with E-state index in [1.54, 1.807) is 0 Å². The van der Waals surface area contributed by atoms with Crippen LogP contribution in [-0.2, 0) is 4.89 Å². The Labute approximate surface area is 62.1 Å². The van der Waals surface area contributed by atoms with Gasteiger partial charge in [0.05, 0.1) is 6.10 Å². The number of hydrogen-bond donors (Lipinski definition) is 1. The molecular formula is C8H16O2. The largest absolute Gasteiger partial charge is 0.252 e. The highest BCUT2D eigenvalue weighted by atomic mass is 17.1. The van der Waals surface area contributed by atoms with E-state index in [9.17, 15) is 0 Å². The van der Waals surface area contributed by atoms with Crippen LogP contribution in [0, 0.1) is 11.8 Å². The fraction of sp³-hybridized carbons (Fsp3) is 1.00. The lowest BCUT2D eigenvalue weighted by Gasteiger charge is -2.19. The van der Waals surface area contributed by atoms with E-state index in [0.29, 0.717) is 11.8 Å². The molecule has 1 aliphatic carbocycles. The summed E-state index contributed by atoms with van der Waals surface area (Å²) in [5.41, 5.74) is 0. The normalized spacial score (nSPS) is 33.6. The monoisotopic (exact) mass is 144 g/mol. The first kappa shape index (κ1) is 8.02. The Bertz CT molecular complexity index is 101. The highest BCUT2D eigenvalue weighted by molar-refractivity contribution is 4.79. The van der Waals surface area contributed by atoms with Gasteiger partial charge in [-0.05, 0) is 24.7 Å². The third-order valence-corrected chi connectivity index (χ3v) is 2.50. The van der Waals surface area contributed by atoms with Crippen molar-refractivity contribution in [1.29, 1.82) is 0 Å². The van der Waals surface area contributed by atoms with Crippen LogP contribution in [0.25, 0.3) is 0 Å². The van der Waals surface area contributed by atoms with Gasteiger partial charge in [-0.25, -0.2) is 4.89 Å². The van der Waals surface area contributed by atoms with Gasteiger partial charge in [0.25, 0.3) is 0 Å². The van der Waals surface area contributed by atoms with E-state index in [1.165, 1.54) is 12.8 Å². The van der Waals surface area contributed by atoms with E-state index >= 15 is 0 Å². The molecule has 1 fully saturated rings. The molecule has 0 aromatic carbocycles. The molecule has 2 nitrogen and oxygen atoms in total. The van der Waals surface area contributed by atoms with Gasteiger partial charge >= 0.3 is 0 Å². The van der Waals surface area contributed by atoms with E-state index in [4.69, 9.17) is 5.26 Å². The highest BCUT2D eigenvalue weighted by Gasteiger charge is 2.30. The minimum Gasteiger partial charge on any atom is -0.252 e. The predicted molar refractivity (Wildman–Crippen MR) is 39.7 cm³/mol. The third kappa shape index (κ3) is 1.50. The molecule has 0 saturated heterocycles. The molecule has 1 aliphatic rings. The van der Waals surface area contributed by atoms with Gasteiger partial charge in [-0.1, -0.05) is 20.3 Å². The van der Waals surface area contributed by atoms with Crippen LogP contribution in [0.15, 0.2) is 0 Å². The molecule has 1 N–H and O–H groups in total. The van der Waals surface area contributed by atoms with E-state index < -0.39 is 0 Å². The zero-order valence-electron chi connectivity index (χ0n) is 6.71. The molecule has 0 aliphatic heterocycles. The lowest BCUT2D eigenvalue weighted by atomic mass is 9.93. The van der Waals surface area contributed by atoms with Gasteiger partial charge in [0.15, 0.2) is 0 Å². The van der Waals surface area contributed by atoms with Gasteiger partial charge in [-0.15, -0.1) is 0 Å². The molecule has 0 radical (unpaired) electrons. The second kappa shape index (κ2) is 3.35. The van der Waals surface area contributed by atoms with Gasteiger partial charge in [0.1, 0.15) is 0 Å². The Balaban J connectivity index is 2.42. The molecule has 0 heterocycles. The Hall–Kier alpha value is -0.0800. The van der Waals surface area contributed by atoms with Gasteiger partial charge < -0.3 is 0 Å². The Morgan fingerprint density at radius 1 is 1.40 bits per heavy atom. The molecule has 10 heavy (non-hydrogen) atoms. The van der Waals surface area contributed by atoms with Crippen molar-refractivity contribution in [2.75, 3.05) is 0 Å². The second-order valence-electron chi connectivity index (χ2n) is 3.48. The summed E-state index contributed by atoms with van der Waals surface area (Å²) < 4.78 is 0. The van der Waals surface area contributed by atoms with Crippen molar-refractivity contribution in [3.8, 4) is 0 Å². The van der Waals surface area contributed by atoms with Crippen molar-refractivity contribution in [3.05, 3.63) is 0 Å². The molecule has 0 amide bonds. The quantitative estimate of drug-likeness (QED) is 0.476. The summed E-state index contributed by atoms with van der Waals surface area (Å²) in [6.07, 6.45) is 3.55. The maximum absolute atomic E-state index is 8.49. The first-order valence-electron chi connectivity index (χ1n) is 4.06. The molecular weight excluding hydrogens is 128 g/mol. The first-order chi connectivity index (χ1) is 4.75. The van der Waals surface area contributed by atoms with Crippen LogP contribution < -0.4 is 0 Å². The summed E-state index contributed by atoms with van der Waals surface area (Å²) in [5.74, 6) is 1.21. The Morgan fingerprint density at radius 3 is 2.50 bits per heavy atom. The van der Waals surface area contributed by atoms with E-state index in [2.05, 4.69) is 18.7 Å². The summed E-state index contributed by atoms with van der Waals surface area (Å²) in [4.78, 5) is 4.39. The Morgan fingerprint density at radius 2 is 2.10 bits per heavy atom. The van der Waals surface area contributed by atoms with Crippen LogP contribution in [0.3, 0.4) is 0 Å². The van der Waals surface area contributed by atoms with Gasteiger partial charge in [-0.2, -0.15) is 0 Å². The lowest BCUT2D eigenvalue weighted by molar-refractivity contribution is -0.288. The topological polar surface area (TPSA) is 29.5 Å². The van der Waals surface area contributed by atoms with Gasteiger partial charge in [-0.3, -0.25) is 5.26 Å². The molecule has 1 rings (SSSR count). The predicted octanol–water partition coefficient (Wildman–Crippen LogP) is 2.30. The second-order valence-corrected chi connectivity index (χ2v) is 3.48. The molecule has 2 atom stereocenters. The first-order valence-corrected chi connectivity index (χ1v) is 4.06. The van der Waals surface area contributed by atoms with Gasteiger partial charge in [0.2, 0.25) is 0 Å². The zero-order chi connectivity index (χ0) is 7.56. The fourth-order valence-electron chi connectivity index (χ4n) is 1.85. The molecule has 0 aromatic heterocycles. The molecule has 0 spiro atoms. The van der Waals surface area contributed by atoms with Crippen molar-refractivity contribution in [2.24, 2.45) is 11.8 Å². The van der Waals surface area contributed by atoms with E-state index in [1.807, 2.05) is 0 Å². The molecule has 60 valence electrons. The van der Waals surface area contributed by atoms with Gasteiger partial charge in [0, 0.05) is 0 Å². The molecule has 2 unspecified atom stereocenters. The minimum absolute atomic E-state index is 0.111.